The molecule has 0 aliphatic heterocycles. The summed E-state index contributed by atoms with van der Waals surface area (Å²) in [7, 11) is 0. The second-order valence-corrected chi connectivity index (χ2v) is 8.78. The van der Waals surface area contributed by atoms with Gasteiger partial charge in [0.05, 0.1) is 5.56 Å². The fourth-order valence-electron chi connectivity index (χ4n) is 3.67. The summed E-state index contributed by atoms with van der Waals surface area (Å²) in [4.78, 5) is 7.73. The summed E-state index contributed by atoms with van der Waals surface area (Å²) >= 11 is 0. The van der Waals surface area contributed by atoms with Gasteiger partial charge in [-0.05, 0) is 34.7 Å². The predicted octanol–water partition coefficient (Wildman–Crippen LogP) is 6.44. The average Bonchev–Trinajstić information content (AvgIpc) is 2.71. The fourth-order valence-corrected chi connectivity index (χ4v) is 3.67. The molecule has 1 aromatic heterocycles. The molecule has 176 valence electrons. The molecule has 1 atom stereocenters. The lowest BCUT2D eigenvalue weighted by atomic mass is 9.67. The highest BCUT2D eigenvalue weighted by Gasteiger charge is 2.49. The minimum Gasteiger partial charge on any atom is -0.433 e. The largest absolute Gasteiger partial charge is 0.433 e. The van der Waals surface area contributed by atoms with E-state index < -0.39 is 28.9 Å². The van der Waals surface area contributed by atoms with E-state index in [-0.39, 0.29) is 22.4 Å². The Kier molecular flexibility index (Phi) is 6.23. The first-order chi connectivity index (χ1) is 15.1. The number of rotatable bonds is 5. The van der Waals surface area contributed by atoms with Gasteiger partial charge >= 0.3 is 12.3 Å². The fraction of sp³-hybridized carbons (Fsp3) is 0.333. The molecule has 0 aliphatic rings. The third-order valence-corrected chi connectivity index (χ3v) is 5.26. The van der Waals surface area contributed by atoms with Gasteiger partial charge in [0.15, 0.2) is 0 Å². The van der Waals surface area contributed by atoms with E-state index in [4.69, 9.17) is 0 Å². The van der Waals surface area contributed by atoms with E-state index in [2.05, 4.69) is 14.7 Å². The number of hydrogen-bond acceptors (Lipinski definition) is 4. The predicted molar refractivity (Wildman–Crippen MR) is 113 cm³/mol. The molecule has 9 heteroatoms. The molecule has 4 nitrogen and oxygen atoms in total. The van der Waals surface area contributed by atoms with Gasteiger partial charge in [-0.3, -0.25) is 0 Å². The lowest BCUT2D eigenvalue weighted by Gasteiger charge is -2.42. The van der Waals surface area contributed by atoms with Crippen molar-refractivity contribution in [2.45, 2.75) is 45.6 Å². The summed E-state index contributed by atoms with van der Waals surface area (Å²) in [5, 5.41) is 11.7. The molecule has 0 saturated heterocycles. The van der Waals surface area contributed by atoms with Crippen LogP contribution in [-0.4, -0.2) is 21.2 Å². The van der Waals surface area contributed by atoms with Gasteiger partial charge in [0.25, 0.3) is 0 Å². The molecule has 3 rings (SSSR count). The molecule has 1 unspecified atom stereocenters. The Bertz CT molecular complexity index is 1100. The molecule has 0 spiro atoms. The molecule has 2 aromatic carbocycles. The van der Waals surface area contributed by atoms with E-state index in [1.165, 1.54) is 55.1 Å². The van der Waals surface area contributed by atoms with E-state index in [9.17, 15) is 27.1 Å². The average molecular weight is 466 g/mol. The van der Waals surface area contributed by atoms with Crippen molar-refractivity contribution in [3.8, 4) is 16.9 Å². The van der Waals surface area contributed by atoms with Crippen LogP contribution in [0.25, 0.3) is 11.1 Å². The summed E-state index contributed by atoms with van der Waals surface area (Å²) in [6, 6.07) is 8.87. The van der Waals surface area contributed by atoms with E-state index in [1.807, 2.05) is 0 Å². The Balaban J connectivity index is 2.16. The van der Waals surface area contributed by atoms with Crippen LogP contribution in [0.2, 0.25) is 0 Å². The molecule has 0 aliphatic carbocycles. The van der Waals surface area contributed by atoms with Crippen molar-refractivity contribution in [3.63, 3.8) is 0 Å². The first-order valence-electron chi connectivity index (χ1n) is 10.00. The quantitative estimate of drug-likeness (QED) is 0.440. The molecule has 1 heterocycles. The van der Waals surface area contributed by atoms with Crippen molar-refractivity contribution in [2.24, 2.45) is 5.41 Å². The zero-order valence-corrected chi connectivity index (χ0v) is 18.4. The van der Waals surface area contributed by atoms with Crippen molar-refractivity contribution in [3.05, 3.63) is 77.9 Å². The maximum absolute atomic E-state index is 14.2. The highest BCUT2D eigenvalue weighted by molar-refractivity contribution is 5.66. The van der Waals surface area contributed by atoms with E-state index in [0.29, 0.717) is 12.5 Å². The summed E-state index contributed by atoms with van der Waals surface area (Å²) in [6.07, 6.45) is -4.37. The van der Waals surface area contributed by atoms with Crippen LogP contribution in [0, 0.1) is 5.41 Å². The zero-order valence-electron chi connectivity index (χ0n) is 18.4. The molecule has 0 fully saturated rings. The Hall–Kier alpha value is -3.07. The molecule has 0 radical (unpaired) electrons. The van der Waals surface area contributed by atoms with Crippen LogP contribution in [0.3, 0.4) is 0 Å². The molecule has 3 aromatic rings. The molecular formula is C24H23F5N2O2. The van der Waals surface area contributed by atoms with Crippen molar-refractivity contribution in [2.75, 3.05) is 0 Å². The lowest BCUT2D eigenvalue weighted by molar-refractivity contribution is -0.159. The molecule has 0 amide bonds. The minimum absolute atomic E-state index is 0.120. The van der Waals surface area contributed by atoms with Crippen LogP contribution in [0.5, 0.6) is 5.75 Å². The van der Waals surface area contributed by atoms with E-state index in [0.717, 1.165) is 6.07 Å². The molecule has 0 bridgehead atoms. The Labute approximate surface area is 188 Å². The van der Waals surface area contributed by atoms with E-state index >= 15 is 0 Å². The normalized spacial score (nSPS) is 14.6. The maximum Gasteiger partial charge on any atom is 0.416 e. The highest BCUT2D eigenvalue weighted by atomic mass is 19.4. The third kappa shape index (κ3) is 5.13. The van der Waals surface area contributed by atoms with E-state index in [1.54, 1.807) is 20.8 Å². The second kappa shape index (κ2) is 8.37. The smallest absolute Gasteiger partial charge is 0.416 e. The summed E-state index contributed by atoms with van der Waals surface area (Å²) < 4.78 is 73.1. The SMILES string of the molecule is CC(F)(F)Oc1ccc(-c2ccc(C(O)(c3cncnc3)C(C)(C)C)c(C(F)(F)F)c2)cc1. The van der Waals surface area contributed by atoms with Gasteiger partial charge in [-0.2, -0.15) is 22.0 Å². The highest BCUT2D eigenvalue weighted by Crippen LogP contribution is 2.49. The van der Waals surface area contributed by atoms with Crippen molar-refractivity contribution >= 4 is 0 Å². The van der Waals surface area contributed by atoms with Gasteiger partial charge in [0, 0.05) is 30.4 Å². The van der Waals surface area contributed by atoms with Crippen LogP contribution in [0.1, 0.15) is 44.4 Å². The number of ether oxygens (including phenoxy) is 1. The standard InChI is InChI=1S/C24H23F5N2O2/c1-21(2,3)23(32,17-12-30-14-31-13-17)19-10-7-16(11-20(19)24(27,28)29)15-5-8-18(9-6-15)33-22(4,25)26/h5-14,32H,1-4H3. The number of hydrogen-bond donors (Lipinski definition) is 1. The van der Waals surface area contributed by atoms with Crippen molar-refractivity contribution < 1.29 is 31.8 Å². The Morgan fingerprint density at radius 2 is 1.30 bits per heavy atom. The van der Waals surface area contributed by atoms with Crippen LogP contribution in [0.4, 0.5) is 22.0 Å². The number of aromatic nitrogens is 2. The topological polar surface area (TPSA) is 55.2 Å². The molecule has 0 saturated carbocycles. The van der Waals surface area contributed by atoms with Crippen LogP contribution < -0.4 is 4.74 Å². The Morgan fingerprint density at radius 3 is 1.79 bits per heavy atom. The molecule has 33 heavy (non-hydrogen) atoms. The number of nitrogens with zero attached hydrogens (tertiary/aromatic N) is 2. The third-order valence-electron chi connectivity index (χ3n) is 5.26. The summed E-state index contributed by atoms with van der Waals surface area (Å²) in [5.74, 6) is -0.120. The first-order valence-corrected chi connectivity index (χ1v) is 10.00. The van der Waals surface area contributed by atoms with Crippen LogP contribution in [-0.2, 0) is 11.8 Å². The second-order valence-electron chi connectivity index (χ2n) is 8.78. The Morgan fingerprint density at radius 1 is 0.758 bits per heavy atom. The number of alkyl halides is 5. The maximum atomic E-state index is 14.2. The van der Waals surface area contributed by atoms with Gasteiger partial charge in [0.1, 0.15) is 17.7 Å². The molecular weight excluding hydrogens is 443 g/mol. The van der Waals surface area contributed by atoms with Crippen LogP contribution >= 0.6 is 0 Å². The number of benzene rings is 2. The van der Waals surface area contributed by atoms with Gasteiger partial charge in [-0.25, -0.2) is 9.97 Å². The van der Waals surface area contributed by atoms with Gasteiger partial charge < -0.3 is 9.84 Å². The van der Waals surface area contributed by atoms with Crippen molar-refractivity contribution in [1.29, 1.82) is 0 Å². The zero-order chi connectivity index (χ0) is 24.7. The minimum atomic E-state index is -4.78. The molecule has 1 N–H and O–H groups in total. The number of aliphatic hydroxyl groups is 1. The first kappa shape index (κ1) is 24.6. The number of halogens is 5. The summed E-state index contributed by atoms with van der Waals surface area (Å²) in [6.45, 7) is 5.45. The van der Waals surface area contributed by atoms with Crippen LogP contribution in [0.15, 0.2) is 61.2 Å². The van der Waals surface area contributed by atoms with Gasteiger partial charge in [0.2, 0.25) is 0 Å². The summed E-state index contributed by atoms with van der Waals surface area (Å²) in [5.41, 5.74) is -3.79. The monoisotopic (exact) mass is 466 g/mol. The van der Waals surface area contributed by atoms with Crippen molar-refractivity contribution in [1.82, 2.24) is 9.97 Å². The van der Waals surface area contributed by atoms with Gasteiger partial charge in [-0.15, -0.1) is 0 Å². The lowest BCUT2D eigenvalue weighted by Crippen LogP contribution is -2.42. The van der Waals surface area contributed by atoms with Gasteiger partial charge in [-0.1, -0.05) is 45.0 Å².